The molecule has 1 saturated carbocycles. The Bertz CT molecular complexity index is 134. The monoisotopic (exact) mass is 138 g/mol. The van der Waals surface area contributed by atoms with Crippen LogP contribution in [0.5, 0.6) is 0 Å². The van der Waals surface area contributed by atoms with E-state index in [0.717, 1.165) is 19.3 Å². The molecule has 0 radical (unpaired) electrons. The Morgan fingerprint density at radius 1 is 1.50 bits per heavy atom. The highest BCUT2D eigenvalue weighted by Crippen LogP contribution is 2.28. The molecule has 1 heteroatoms. The predicted octanol–water partition coefficient (Wildman–Crippen LogP) is 1.56. The molecule has 0 amide bonds. The third-order valence-electron chi connectivity index (χ3n) is 2.28. The molecule has 0 heterocycles. The summed E-state index contributed by atoms with van der Waals surface area (Å²) in [4.78, 5) is 0. The van der Waals surface area contributed by atoms with Gasteiger partial charge in [0.25, 0.3) is 0 Å². The smallest absolute Gasteiger partial charge is 0.0568 e. The van der Waals surface area contributed by atoms with E-state index < -0.39 is 0 Å². The Morgan fingerprint density at radius 2 is 2.30 bits per heavy atom. The van der Waals surface area contributed by atoms with Crippen LogP contribution < -0.4 is 0 Å². The summed E-state index contributed by atoms with van der Waals surface area (Å²) in [6, 6.07) is 0. The van der Waals surface area contributed by atoms with E-state index in [1.54, 1.807) is 0 Å². The van der Waals surface area contributed by atoms with Crippen molar-refractivity contribution >= 4 is 0 Å². The van der Waals surface area contributed by atoms with Crippen LogP contribution in [0.15, 0.2) is 0 Å². The van der Waals surface area contributed by atoms with E-state index in [1.165, 1.54) is 12.8 Å². The van der Waals surface area contributed by atoms with Gasteiger partial charge >= 0.3 is 0 Å². The van der Waals surface area contributed by atoms with Gasteiger partial charge in [-0.1, -0.05) is 6.42 Å². The zero-order valence-corrected chi connectivity index (χ0v) is 6.21. The van der Waals surface area contributed by atoms with Gasteiger partial charge in [-0.25, -0.2) is 0 Å². The summed E-state index contributed by atoms with van der Waals surface area (Å²) < 4.78 is 0. The van der Waals surface area contributed by atoms with E-state index in [4.69, 9.17) is 6.42 Å². The van der Waals surface area contributed by atoms with Crippen molar-refractivity contribution in [2.45, 2.75) is 38.2 Å². The first-order chi connectivity index (χ1) is 4.84. The van der Waals surface area contributed by atoms with Crippen molar-refractivity contribution in [3.63, 3.8) is 0 Å². The first-order valence-corrected chi connectivity index (χ1v) is 3.96. The Morgan fingerprint density at radius 3 is 2.80 bits per heavy atom. The van der Waals surface area contributed by atoms with E-state index in [1.807, 2.05) is 0 Å². The van der Waals surface area contributed by atoms with Crippen molar-refractivity contribution in [1.29, 1.82) is 0 Å². The van der Waals surface area contributed by atoms with Gasteiger partial charge in [0, 0.05) is 6.42 Å². The fourth-order valence-corrected chi connectivity index (χ4v) is 1.62. The quantitative estimate of drug-likeness (QED) is 0.574. The van der Waals surface area contributed by atoms with Gasteiger partial charge in [-0.3, -0.25) is 0 Å². The molecule has 1 N–H and O–H groups in total. The summed E-state index contributed by atoms with van der Waals surface area (Å²) in [6.45, 7) is 0. The molecule has 0 unspecified atom stereocenters. The second kappa shape index (κ2) is 3.63. The summed E-state index contributed by atoms with van der Waals surface area (Å²) in [5, 5.41) is 9.35. The minimum absolute atomic E-state index is 0.0617. The normalized spacial score (nSPS) is 32.0. The molecule has 2 atom stereocenters. The minimum Gasteiger partial charge on any atom is -0.393 e. The van der Waals surface area contributed by atoms with Crippen molar-refractivity contribution in [3.8, 4) is 12.3 Å². The minimum atomic E-state index is -0.0617. The lowest BCUT2D eigenvalue weighted by Crippen LogP contribution is -2.12. The van der Waals surface area contributed by atoms with Crippen LogP contribution in [-0.4, -0.2) is 11.2 Å². The molecular weight excluding hydrogens is 124 g/mol. The van der Waals surface area contributed by atoms with Gasteiger partial charge in [-0.05, 0) is 25.2 Å². The van der Waals surface area contributed by atoms with Crippen molar-refractivity contribution in [3.05, 3.63) is 0 Å². The molecule has 1 aliphatic carbocycles. The van der Waals surface area contributed by atoms with E-state index in [-0.39, 0.29) is 6.10 Å². The Hall–Kier alpha value is -0.480. The van der Waals surface area contributed by atoms with Gasteiger partial charge in [0.15, 0.2) is 0 Å². The number of terminal acetylenes is 1. The third-order valence-corrected chi connectivity index (χ3v) is 2.28. The number of aliphatic hydroxyl groups excluding tert-OH is 1. The van der Waals surface area contributed by atoms with Gasteiger partial charge in [0.2, 0.25) is 0 Å². The van der Waals surface area contributed by atoms with Gasteiger partial charge in [0.05, 0.1) is 6.10 Å². The molecule has 0 spiro atoms. The summed E-state index contributed by atoms with van der Waals surface area (Å²) in [7, 11) is 0. The van der Waals surface area contributed by atoms with Crippen molar-refractivity contribution in [2.75, 3.05) is 0 Å². The maximum absolute atomic E-state index is 9.35. The molecule has 0 aromatic carbocycles. The van der Waals surface area contributed by atoms with Gasteiger partial charge in [0.1, 0.15) is 0 Å². The van der Waals surface area contributed by atoms with Crippen LogP contribution in [0.3, 0.4) is 0 Å². The van der Waals surface area contributed by atoms with Crippen molar-refractivity contribution in [1.82, 2.24) is 0 Å². The SMILES string of the molecule is C#CCC[C@@H]1CCC[C@H]1O. The van der Waals surface area contributed by atoms with Crippen LogP contribution in [0.4, 0.5) is 0 Å². The van der Waals surface area contributed by atoms with Crippen LogP contribution in [0.1, 0.15) is 32.1 Å². The highest BCUT2D eigenvalue weighted by Gasteiger charge is 2.23. The number of hydrogen-bond donors (Lipinski definition) is 1. The molecule has 1 rings (SSSR count). The van der Waals surface area contributed by atoms with Crippen LogP contribution >= 0.6 is 0 Å². The second-order valence-electron chi connectivity index (χ2n) is 3.00. The largest absolute Gasteiger partial charge is 0.393 e. The number of aliphatic hydroxyl groups is 1. The number of hydrogen-bond acceptors (Lipinski definition) is 1. The molecule has 0 aliphatic heterocycles. The van der Waals surface area contributed by atoms with Crippen LogP contribution in [0.25, 0.3) is 0 Å². The van der Waals surface area contributed by atoms with Crippen molar-refractivity contribution < 1.29 is 5.11 Å². The average Bonchev–Trinajstić information content (AvgIpc) is 2.31. The van der Waals surface area contributed by atoms with Gasteiger partial charge < -0.3 is 5.11 Å². The Labute approximate surface area is 62.4 Å². The van der Waals surface area contributed by atoms with E-state index >= 15 is 0 Å². The molecule has 0 saturated heterocycles. The predicted molar refractivity (Wildman–Crippen MR) is 41.4 cm³/mol. The first-order valence-electron chi connectivity index (χ1n) is 3.96. The highest BCUT2D eigenvalue weighted by atomic mass is 16.3. The van der Waals surface area contributed by atoms with Crippen LogP contribution in [0, 0.1) is 18.3 Å². The Balaban J connectivity index is 2.21. The molecular formula is C9H14O. The summed E-state index contributed by atoms with van der Waals surface area (Å²) >= 11 is 0. The molecule has 0 bridgehead atoms. The standard InChI is InChI=1S/C9H14O/c1-2-3-5-8-6-4-7-9(8)10/h1,8-10H,3-7H2/t8-,9-/m1/s1. The van der Waals surface area contributed by atoms with E-state index in [9.17, 15) is 5.11 Å². The topological polar surface area (TPSA) is 20.2 Å². The molecule has 0 aromatic rings. The average molecular weight is 138 g/mol. The lowest BCUT2D eigenvalue weighted by molar-refractivity contribution is 0.129. The molecule has 10 heavy (non-hydrogen) atoms. The van der Waals surface area contributed by atoms with Crippen LogP contribution in [-0.2, 0) is 0 Å². The summed E-state index contributed by atoms with van der Waals surface area (Å²) in [6.07, 6.45) is 10.2. The third kappa shape index (κ3) is 1.75. The first kappa shape index (κ1) is 7.63. The molecule has 0 aromatic heterocycles. The zero-order chi connectivity index (χ0) is 7.40. The number of rotatable bonds is 2. The van der Waals surface area contributed by atoms with E-state index in [0.29, 0.717) is 5.92 Å². The Kier molecular flexibility index (Phi) is 2.77. The maximum atomic E-state index is 9.35. The highest BCUT2D eigenvalue weighted by molar-refractivity contribution is 4.87. The van der Waals surface area contributed by atoms with Gasteiger partial charge in [-0.2, -0.15) is 0 Å². The molecule has 56 valence electrons. The summed E-state index contributed by atoms with van der Waals surface area (Å²) in [5.74, 6) is 3.10. The summed E-state index contributed by atoms with van der Waals surface area (Å²) in [5.41, 5.74) is 0. The molecule has 1 nitrogen and oxygen atoms in total. The maximum Gasteiger partial charge on any atom is 0.0568 e. The van der Waals surface area contributed by atoms with Gasteiger partial charge in [-0.15, -0.1) is 12.3 Å². The lowest BCUT2D eigenvalue weighted by Gasteiger charge is -2.11. The molecule has 1 fully saturated rings. The fraction of sp³-hybridized carbons (Fsp3) is 0.778. The fourth-order valence-electron chi connectivity index (χ4n) is 1.62. The molecule has 1 aliphatic rings. The van der Waals surface area contributed by atoms with Crippen molar-refractivity contribution in [2.24, 2.45) is 5.92 Å². The van der Waals surface area contributed by atoms with Crippen LogP contribution in [0.2, 0.25) is 0 Å². The van der Waals surface area contributed by atoms with E-state index in [2.05, 4.69) is 5.92 Å². The lowest BCUT2D eigenvalue weighted by atomic mass is 10.0. The zero-order valence-electron chi connectivity index (χ0n) is 6.21. The second-order valence-corrected chi connectivity index (χ2v) is 3.00.